The Hall–Kier alpha value is -0.540. The first-order valence-corrected chi connectivity index (χ1v) is 5.62. The lowest BCUT2D eigenvalue weighted by atomic mass is 10.1. The molecule has 1 aromatic carbocycles. The van der Waals surface area contributed by atoms with Gasteiger partial charge in [-0.3, -0.25) is 4.79 Å². The molecule has 0 aliphatic heterocycles. The van der Waals surface area contributed by atoms with Crippen molar-refractivity contribution in [3.8, 4) is 0 Å². The molecule has 0 saturated heterocycles. The maximum Gasteiger partial charge on any atom is 0.224 e. The van der Waals surface area contributed by atoms with Gasteiger partial charge in [-0.25, -0.2) is 0 Å². The zero-order valence-electron chi connectivity index (χ0n) is 7.59. The molecule has 0 aromatic heterocycles. The fraction of sp³-hybridized carbons (Fsp3) is 0.300. The minimum absolute atomic E-state index is 0.00738. The van der Waals surface area contributed by atoms with E-state index in [2.05, 4.69) is 21.2 Å². The standard InChI is InChI=1S/C10H11BrClNO/c11-9-3-1-8(2-4-9)7-10(14)13-6-5-12/h1-4H,5-7H2,(H,13,14). The summed E-state index contributed by atoms with van der Waals surface area (Å²) in [6, 6.07) is 7.68. The van der Waals surface area contributed by atoms with E-state index >= 15 is 0 Å². The third kappa shape index (κ3) is 4.11. The minimum Gasteiger partial charge on any atom is -0.355 e. The number of nitrogens with one attached hydrogen (secondary N) is 1. The topological polar surface area (TPSA) is 29.1 Å². The van der Waals surface area contributed by atoms with Crippen molar-refractivity contribution in [3.05, 3.63) is 34.3 Å². The van der Waals surface area contributed by atoms with Crippen molar-refractivity contribution in [2.45, 2.75) is 6.42 Å². The highest BCUT2D eigenvalue weighted by Crippen LogP contribution is 2.10. The van der Waals surface area contributed by atoms with Gasteiger partial charge in [-0.05, 0) is 17.7 Å². The molecule has 0 bridgehead atoms. The summed E-state index contributed by atoms with van der Waals surface area (Å²) in [4.78, 5) is 11.3. The quantitative estimate of drug-likeness (QED) is 0.841. The Kier molecular flexibility index (Phi) is 4.98. The van der Waals surface area contributed by atoms with Crippen molar-refractivity contribution in [3.63, 3.8) is 0 Å². The van der Waals surface area contributed by atoms with E-state index < -0.39 is 0 Å². The van der Waals surface area contributed by atoms with Crippen LogP contribution in [0, 0.1) is 0 Å². The van der Waals surface area contributed by atoms with Gasteiger partial charge in [-0.15, -0.1) is 11.6 Å². The van der Waals surface area contributed by atoms with Crippen molar-refractivity contribution < 1.29 is 4.79 Å². The second-order valence-corrected chi connectivity index (χ2v) is 4.14. The van der Waals surface area contributed by atoms with Crippen LogP contribution in [0.5, 0.6) is 0 Å². The monoisotopic (exact) mass is 275 g/mol. The summed E-state index contributed by atoms with van der Waals surface area (Å²) >= 11 is 8.78. The molecule has 0 aliphatic rings. The van der Waals surface area contributed by atoms with Crippen LogP contribution in [0.25, 0.3) is 0 Å². The first-order valence-electron chi connectivity index (χ1n) is 4.29. The Morgan fingerprint density at radius 1 is 1.36 bits per heavy atom. The van der Waals surface area contributed by atoms with Crippen LogP contribution in [0.15, 0.2) is 28.7 Å². The average molecular weight is 277 g/mol. The van der Waals surface area contributed by atoms with E-state index in [0.29, 0.717) is 18.8 Å². The Morgan fingerprint density at radius 3 is 2.57 bits per heavy atom. The highest BCUT2D eigenvalue weighted by Gasteiger charge is 2.01. The van der Waals surface area contributed by atoms with Crippen LogP contribution in [0.4, 0.5) is 0 Å². The second kappa shape index (κ2) is 6.04. The molecule has 0 spiro atoms. The van der Waals surface area contributed by atoms with Crippen LogP contribution >= 0.6 is 27.5 Å². The lowest BCUT2D eigenvalue weighted by Crippen LogP contribution is -2.26. The summed E-state index contributed by atoms with van der Waals surface area (Å²) in [5.41, 5.74) is 1.00. The maximum absolute atomic E-state index is 11.3. The summed E-state index contributed by atoms with van der Waals surface area (Å²) in [7, 11) is 0. The summed E-state index contributed by atoms with van der Waals surface area (Å²) < 4.78 is 1.02. The van der Waals surface area contributed by atoms with Gasteiger partial charge in [0.15, 0.2) is 0 Å². The fourth-order valence-electron chi connectivity index (χ4n) is 1.04. The number of benzene rings is 1. The first-order chi connectivity index (χ1) is 6.72. The maximum atomic E-state index is 11.3. The molecule has 0 fully saturated rings. The molecule has 0 radical (unpaired) electrons. The van der Waals surface area contributed by atoms with Crippen LogP contribution in [-0.2, 0) is 11.2 Å². The molecule has 1 aromatic rings. The molecule has 1 N–H and O–H groups in total. The predicted molar refractivity (Wildman–Crippen MR) is 61.6 cm³/mol. The average Bonchev–Trinajstić information content (AvgIpc) is 2.18. The lowest BCUT2D eigenvalue weighted by Gasteiger charge is -2.02. The lowest BCUT2D eigenvalue weighted by molar-refractivity contribution is -0.120. The van der Waals surface area contributed by atoms with Crippen LogP contribution in [0.2, 0.25) is 0 Å². The normalized spacial score (nSPS) is 9.86. The number of hydrogen-bond donors (Lipinski definition) is 1. The molecule has 0 aliphatic carbocycles. The smallest absolute Gasteiger partial charge is 0.224 e. The molecule has 0 unspecified atom stereocenters. The van der Waals surface area contributed by atoms with Gasteiger partial charge in [0.05, 0.1) is 6.42 Å². The van der Waals surface area contributed by atoms with Crippen molar-refractivity contribution in [1.29, 1.82) is 0 Å². The van der Waals surface area contributed by atoms with Crippen LogP contribution < -0.4 is 5.32 Å². The van der Waals surface area contributed by atoms with Gasteiger partial charge in [0, 0.05) is 16.9 Å². The van der Waals surface area contributed by atoms with Gasteiger partial charge >= 0.3 is 0 Å². The number of carbonyl (C=O) groups excluding carboxylic acids is 1. The van der Waals surface area contributed by atoms with Gasteiger partial charge in [-0.2, -0.15) is 0 Å². The van der Waals surface area contributed by atoms with Crippen LogP contribution in [-0.4, -0.2) is 18.3 Å². The molecule has 1 amide bonds. The summed E-state index contributed by atoms with van der Waals surface area (Å²) in [5, 5.41) is 2.71. The van der Waals surface area contributed by atoms with E-state index in [1.54, 1.807) is 0 Å². The van der Waals surface area contributed by atoms with E-state index in [1.807, 2.05) is 24.3 Å². The summed E-state index contributed by atoms with van der Waals surface area (Å²) in [5.74, 6) is 0.458. The molecule has 0 atom stereocenters. The largest absolute Gasteiger partial charge is 0.355 e. The van der Waals surface area contributed by atoms with Crippen LogP contribution in [0.1, 0.15) is 5.56 Å². The molecular weight excluding hydrogens is 265 g/mol. The first kappa shape index (κ1) is 11.5. The highest BCUT2D eigenvalue weighted by molar-refractivity contribution is 9.10. The number of hydrogen-bond acceptors (Lipinski definition) is 1. The number of carbonyl (C=O) groups is 1. The third-order valence-electron chi connectivity index (χ3n) is 1.69. The predicted octanol–water partition coefficient (Wildman–Crippen LogP) is 2.35. The van der Waals surface area contributed by atoms with E-state index in [1.165, 1.54) is 0 Å². The van der Waals surface area contributed by atoms with Gasteiger partial charge in [0.25, 0.3) is 0 Å². The van der Waals surface area contributed by atoms with Crippen molar-refractivity contribution in [1.82, 2.24) is 5.32 Å². The molecular formula is C10H11BrClNO. The molecule has 1 rings (SSSR count). The Balaban J connectivity index is 2.44. The van der Waals surface area contributed by atoms with Gasteiger partial charge in [0.2, 0.25) is 5.91 Å². The van der Waals surface area contributed by atoms with Gasteiger partial charge in [0.1, 0.15) is 0 Å². The highest BCUT2D eigenvalue weighted by atomic mass is 79.9. The number of halogens is 2. The van der Waals surface area contributed by atoms with Crippen molar-refractivity contribution in [2.75, 3.05) is 12.4 Å². The molecule has 0 heterocycles. The SMILES string of the molecule is O=C(Cc1ccc(Br)cc1)NCCCl. The number of amides is 1. The molecule has 14 heavy (non-hydrogen) atoms. The molecule has 0 saturated carbocycles. The third-order valence-corrected chi connectivity index (χ3v) is 2.41. The summed E-state index contributed by atoms with van der Waals surface area (Å²) in [6.45, 7) is 0.525. The Bertz CT molecular complexity index is 299. The number of rotatable bonds is 4. The fourth-order valence-corrected chi connectivity index (χ4v) is 1.40. The molecule has 76 valence electrons. The minimum atomic E-state index is 0.00738. The molecule has 4 heteroatoms. The van der Waals surface area contributed by atoms with E-state index in [4.69, 9.17) is 11.6 Å². The van der Waals surface area contributed by atoms with E-state index in [-0.39, 0.29) is 5.91 Å². The van der Waals surface area contributed by atoms with Crippen LogP contribution in [0.3, 0.4) is 0 Å². The van der Waals surface area contributed by atoms with Gasteiger partial charge < -0.3 is 5.32 Å². The Labute approximate surface area is 96.8 Å². The Morgan fingerprint density at radius 2 is 2.00 bits per heavy atom. The molecule has 2 nitrogen and oxygen atoms in total. The van der Waals surface area contributed by atoms with E-state index in [0.717, 1.165) is 10.0 Å². The van der Waals surface area contributed by atoms with E-state index in [9.17, 15) is 4.79 Å². The van der Waals surface area contributed by atoms with Crippen molar-refractivity contribution in [2.24, 2.45) is 0 Å². The number of alkyl halides is 1. The zero-order valence-corrected chi connectivity index (χ0v) is 9.94. The van der Waals surface area contributed by atoms with Gasteiger partial charge in [-0.1, -0.05) is 28.1 Å². The van der Waals surface area contributed by atoms with Crippen molar-refractivity contribution >= 4 is 33.4 Å². The summed E-state index contributed by atoms with van der Waals surface area (Å²) in [6.07, 6.45) is 0.407. The second-order valence-electron chi connectivity index (χ2n) is 2.84. The zero-order chi connectivity index (χ0) is 10.4.